The average Bonchev–Trinajstić information content (AvgIpc) is 2.70. The third-order valence-corrected chi connectivity index (χ3v) is 4.52. The van der Waals surface area contributed by atoms with Crippen molar-refractivity contribution < 1.29 is 18.1 Å². The minimum absolute atomic E-state index is 0.319. The summed E-state index contributed by atoms with van der Waals surface area (Å²) >= 11 is 0. The Morgan fingerprint density at radius 2 is 1.18 bits per heavy atom. The molecule has 28 heavy (non-hydrogen) atoms. The molecule has 0 aliphatic heterocycles. The van der Waals surface area contributed by atoms with Crippen LogP contribution in [0.1, 0.15) is 90.0 Å². The van der Waals surface area contributed by atoms with Gasteiger partial charge < -0.3 is 10.8 Å². The van der Waals surface area contributed by atoms with E-state index in [0.29, 0.717) is 6.61 Å². The highest BCUT2D eigenvalue weighted by atomic mass is 32.2. The molecule has 0 saturated carbocycles. The maximum absolute atomic E-state index is 9.43. The summed E-state index contributed by atoms with van der Waals surface area (Å²) in [7, 11) is -3.88. The quantitative estimate of drug-likeness (QED) is 0.297. The Balaban J connectivity index is 0. The number of unbranched alkanes of at least 4 members (excludes halogenated alkanes) is 9. The van der Waals surface area contributed by atoms with E-state index >= 15 is 0 Å². The van der Waals surface area contributed by atoms with Gasteiger partial charge in [0.25, 0.3) is 10.1 Å². The van der Waals surface area contributed by atoms with Gasteiger partial charge >= 0.3 is 0 Å². The van der Waals surface area contributed by atoms with E-state index in [0.717, 1.165) is 6.42 Å². The lowest BCUT2D eigenvalue weighted by Crippen LogP contribution is -2.11. The van der Waals surface area contributed by atoms with Crippen LogP contribution in [0.3, 0.4) is 0 Å². The van der Waals surface area contributed by atoms with Gasteiger partial charge in [0.15, 0.2) is 0 Å². The normalized spacial score (nSPS) is 10.5. The second-order valence-corrected chi connectivity index (χ2v) is 8.39. The topological polar surface area (TPSA) is 101 Å². The number of rotatable bonds is 13. The molecular weight excluding hydrogens is 374 g/mol. The lowest BCUT2D eigenvalue weighted by atomic mass is 10.0. The Labute approximate surface area is 173 Å². The fraction of sp³-hybridized carbons (Fsp3) is 0.727. The molecule has 5 nitrogen and oxygen atoms in total. The fourth-order valence-corrected chi connectivity index (χ4v) is 2.46. The van der Waals surface area contributed by atoms with Crippen LogP contribution in [0.4, 0.5) is 0 Å². The molecule has 4 N–H and O–H groups in total. The summed E-state index contributed by atoms with van der Waals surface area (Å²) in [6, 6.07) is 10.9. The molecule has 0 saturated heterocycles. The van der Waals surface area contributed by atoms with Gasteiger partial charge in [-0.2, -0.15) is 8.42 Å². The highest BCUT2D eigenvalue weighted by Gasteiger charge is 1.94. The van der Waals surface area contributed by atoms with Gasteiger partial charge in [0.1, 0.15) is 5.88 Å². The molecule has 0 aromatic heterocycles. The highest BCUT2D eigenvalue weighted by Crippen LogP contribution is 2.12. The first-order chi connectivity index (χ1) is 13.4. The molecule has 0 unspecified atom stereocenters. The summed E-state index contributed by atoms with van der Waals surface area (Å²) in [5, 5.41) is 7.88. The van der Waals surface area contributed by atoms with Gasteiger partial charge in [0, 0.05) is 6.61 Å². The largest absolute Gasteiger partial charge is 0.396 e. The fourth-order valence-electron chi connectivity index (χ4n) is 2.46. The SMILES string of the molecule is CCCCCCCCCCCCc1ccccc1.CCCO.NCS(=O)(=O)O. The van der Waals surface area contributed by atoms with Gasteiger partial charge in [-0.25, -0.2) is 0 Å². The second kappa shape index (κ2) is 22.3. The van der Waals surface area contributed by atoms with Crippen molar-refractivity contribution in [3.05, 3.63) is 35.9 Å². The smallest absolute Gasteiger partial charge is 0.277 e. The maximum atomic E-state index is 9.43. The van der Waals surface area contributed by atoms with E-state index in [-0.39, 0.29) is 0 Å². The van der Waals surface area contributed by atoms with Crippen LogP contribution in [-0.4, -0.2) is 30.6 Å². The van der Waals surface area contributed by atoms with Crippen molar-refractivity contribution in [3.63, 3.8) is 0 Å². The first-order valence-electron chi connectivity index (χ1n) is 10.7. The van der Waals surface area contributed by atoms with E-state index in [4.69, 9.17) is 9.66 Å². The summed E-state index contributed by atoms with van der Waals surface area (Å²) in [6.45, 7) is 4.53. The predicted molar refractivity (Wildman–Crippen MR) is 120 cm³/mol. The standard InChI is InChI=1S/C18H30.C3H8O.CH5NO3S/c1-2-3-4-5-6-7-8-9-10-12-15-18-16-13-11-14-17-18;1-2-3-4;2-1-6(3,4)5/h11,13-14,16-17H,2-10,12,15H2,1H3;4H,2-3H2,1H3;1-2H2,(H,3,4,5). The molecular formula is C22H43NO4S. The molecule has 6 heteroatoms. The maximum Gasteiger partial charge on any atom is 0.277 e. The summed E-state index contributed by atoms with van der Waals surface area (Å²) < 4.78 is 26.5. The van der Waals surface area contributed by atoms with Crippen LogP contribution in [0.5, 0.6) is 0 Å². The molecule has 0 atom stereocenters. The third-order valence-electron chi connectivity index (χ3n) is 4.10. The van der Waals surface area contributed by atoms with Crippen LogP contribution in [0.2, 0.25) is 0 Å². The molecule has 0 bridgehead atoms. The Morgan fingerprint density at radius 1 is 0.786 bits per heavy atom. The van der Waals surface area contributed by atoms with Crippen molar-refractivity contribution in [3.8, 4) is 0 Å². The van der Waals surface area contributed by atoms with Gasteiger partial charge in [-0.15, -0.1) is 0 Å². The van der Waals surface area contributed by atoms with Gasteiger partial charge in [0.2, 0.25) is 0 Å². The van der Waals surface area contributed by atoms with E-state index < -0.39 is 16.0 Å². The first kappa shape index (κ1) is 29.3. The minimum atomic E-state index is -3.88. The van der Waals surface area contributed by atoms with E-state index in [1.54, 1.807) is 0 Å². The third kappa shape index (κ3) is 27.3. The van der Waals surface area contributed by atoms with Crippen molar-refractivity contribution in [2.24, 2.45) is 5.73 Å². The first-order valence-corrected chi connectivity index (χ1v) is 12.3. The van der Waals surface area contributed by atoms with Crippen LogP contribution < -0.4 is 5.73 Å². The van der Waals surface area contributed by atoms with E-state index in [1.807, 2.05) is 6.92 Å². The minimum Gasteiger partial charge on any atom is -0.396 e. The molecule has 166 valence electrons. The lowest BCUT2D eigenvalue weighted by Gasteiger charge is -2.03. The number of aliphatic hydroxyl groups excluding tert-OH is 1. The van der Waals surface area contributed by atoms with Crippen molar-refractivity contribution in [1.82, 2.24) is 0 Å². The second-order valence-electron chi connectivity index (χ2n) is 6.89. The highest BCUT2D eigenvalue weighted by molar-refractivity contribution is 7.85. The van der Waals surface area contributed by atoms with Crippen LogP contribution in [-0.2, 0) is 16.5 Å². The molecule has 0 heterocycles. The molecule has 0 aliphatic carbocycles. The van der Waals surface area contributed by atoms with Crippen LogP contribution in [0.15, 0.2) is 30.3 Å². The summed E-state index contributed by atoms with van der Waals surface area (Å²) in [6.07, 6.45) is 16.4. The van der Waals surface area contributed by atoms with Crippen LogP contribution in [0, 0.1) is 0 Å². The number of aliphatic hydroxyl groups is 1. The predicted octanol–water partition coefficient (Wildman–Crippen LogP) is 5.33. The molecule has 0 aliphatic rings. The van der Waals surface area contributed by atoms with Gasteiger partial charge in [0.05, 0.1) is 0 Å². The van der Waals surface area contributed by atoms with Crippen molar-refractivity contribution in [2.45, 2.75) is 90.9 Å². The summed E-state index contributed by atoms with van der Waals surface area (Å²) in [5.41, 5.74) is 5.96. The van der Waals surface area contributed by atoms with Gasteiger partial charge in [-0.05, 0) is 24.8 Å². The van der Waals surface area contributed by atoms with Crippen molar-refractivity contribution >= 4 is 10.1 Å². The van der Waals surface area contributed by atoms with Crippen molar-refractivity contribution in [1.29, 1.82) is 0 Å². The molecule has 1 aromatic rings. The average molecular weight is 418 g/mol. The lowest BCUT2D eigenvalue weighted by molar-refractivity contribution is 0.295. The Hall–Kier alpha value is -0.950. The summed E-state index contributed by atoms with van der Waals surface area (Å²) in [4.78, 5) is 0. The molecule has 0 spiro atoms. The Kier molecular flexibility index (Phi) is 23.3. The zero-order chi connectivity index (χ0) is 21.5. The molecule has 0 amide bonds. The number of nitrogens with two attached hydrogens (primary N) is 1. The van der Waals surface area contributed by atoms with Crippen LogP contribution >= 0.6 is 0 Å². The summed E-state index contributed by atoms with van der Waals surface area (Å²) in [5.74, 6) is -0.701. The van der Waals surface area contributed by atoms with E-state index in [9.17, 15) is 8.42 Å². The Bertz CT molecular complexity index is 505. The monoisotopic (exact) mass is 417 g/mol. The Morgan fingerprint density at radius 3 is 1.54 bits per heavy atom. The molecule has 0 radical (unpaired) electrons. The zero-order valence-corrected chi connectivity index (χ0v) is 18.8. The molecule has 1 aromatic carbocycles. The molecule has 0 fully saturated rings. The molecule has 1 rings (SSSR count). The number of hydrogen-bond acceptors (Lipinski definition) is 4. The van der Waals surface area contributed by atoms with Crippen molar-refractivity contribution in [2.75, 3.05) is 12.5 Å². The van der Waals surface area contributed by atoms with E-state index in [1.165, 1.54) is 76.2 Å². The van der Waals surface area contributed by atoms with Gasteiger partial charge in [-0.3, -0.25) is 4.55 Å². The number of aryl methyl sites for hydroxylation is 1. The number of hydrogen-bond donors (Lipinski definition) is 3. The number of benzene rings is 1. The zero-order valence-electron chi connectivity index (χ0n) is 18.0. The van der Waals surface area contributed by atoms with Gasteiger partial charge in [-0.1, -0.05) is 102 Å². The van der Waals surface area contributed by atoms with Crippen LogP contribution in [0.25, 0.3) is 0 Å². The van der Waals surface area contributed by atoms with E-state index in [2.05, 4.69) is 43.0 Å².